The predicted molar refractivity (Wildman–Crippen MR) is 122 cm³/mol. The van der Waals surface area contributed by atoms with E-state index in [-0.39, 0.29) is 24.5 Å². The van der Waals surface area contributed by atoms with Crippen LogP contribution in [0.1, 0.15) is 56.4 Å². The van der Waals surface area contributed by atoms with Gasteiger partial charge >= 0.3 is 0 Å². The van der Waals surface area contributed by atoms with Crippen molar-refractivity contribution in [2.24, 2.45) is 11.1 Å². The van der Waals surface area contributed by atoms with Crippen molar-refractivity contribution in [1.82, 2.24) is 15.5 Å². The molecule has 3 rings (SSSR count). The van der Waals surface area contributed by atoms with E-state index in [0.717, 1.165) is 57.3 Å². The fraction of sp³-hybridized carbons (Fsp3) is 0.625. The van der Waals surface area contributed by atoms with Gasteiger partial charge in [-0.3, -0.25) is 14.4 Å². The van der Waals surface area contributed by atoms with E-state index in [4.69, 9.17) is 5.73 Å². The third kappa shape index (κ3) is 6.07. The zero-order chi connectivity index (χ0) is 23.0. The van der Waals surface area contributed by atoms with Crippen LogP contribution >= 0.6 is 0 Å². The van der Waals surface area contributed by atoms with Crippen molar-refractivity contribution in [3.05, 3.63) is 35.9 Å². The number of benzene rings is 1. The Morgan fingerprint density at radius 3 is 2.38 bits per heavy atom. The molecule has 3 amide bonds. The zero-order valence-electron chi connectivity index (χ0n) is 18.7. The van der Waals surface area contributed by atoms with Crippen LogP contribution < -0.4 is 16.4 Å². The number of carbonyl (C=O) groups excluding carboxylic acids is 3. The topological polar surface area (TPSA) is 125 Å². The number of aliphatic hydroxyl groups is 1. The van der Waals surface area contributed by atoms with E-state index in [1.807, 2.05) is 30.3 Å². The van der Waals surface area contributed by atoms with E-state index in [0.29, 0.717) is 19.4 Å². The van der Waals surface area contributed by atoms with Gasteiger partial charge < -0.3 is 26.4 Å². The van der Waals surface area contributed by atoms with Gasteiger partial charge in [0.1, 0.15) is 5.41 Å². The lowest BCUT2D eigenvalue weighted by Gasteiger charge is -2.29. The van der Waals surface area contributed by atoms with Crippen molar-refractivity contribution in [3.63, 3.8) is 0 Å². The Balaban J connectivity index is 1.54. The summed E-state index contributed by atoms with van der Waals surface area (Å²) >= 11 is 0. The Morgan fingerprint density at radius 1 is 1.09 bits per heavy atom. The Kier molecular flexibility index (Phi) is 8.64. The van der Waals surface area contributed by atoms with Crippen LogP contribution in [0.3, 0.4) is 0 Å². The molecule has 1 aromatic rings. The summed E-state index contributed by atoms with van der Waals surface area (Å²) in [6.07, 6.45) is 4.76. The largest absolute Gasteiger partial charge is 0.393 e. The van der Waals surface area contributed by atoms with Crippen LogP contribution in [-0.2, 0) is 14.4 Å². The molecule has 0 radical (unpaired) electrons. The molecule has 5 N–H and O–H groups in total. The van der Waals surface area contributed by atoms with Gasteiger partial charge in [0, 0.05) is 26.2 Å². The molecular weight excluding hydrogens is 408 g/mol. The summed E-state index contributed by atoms with van der Waals surface area (Å²) in [5.74, 6) is -1.65. The highest BCUT2D eigenvalue weighted by molar-refractivity contribution is 6.04. The minimum atomic E-state index is -1.15. The second kappa shape index (κ2) is 11.4. The summed E-state index contributed by atoms with van der Waals surface area (Å²) in [7, 11) is 0. The maximum atomic E-state index is 13.0. The summed E-state index contributed by atoms with van der Waals surface area (Å²) < 4.78 is 0. The van der Waals surface area contributed by atoms with E-state index in [1.54, 1.807) is 0 Å². The monoisotopic (exact) mass is 444 g/mol. The van der Waals surface area contributed by atoms with Gasteiger partial charge in [-0.25, -0.2) is 0 Å². The highest BCUT2D eigenvalue weighted by Gasteiger charge is 2.46. The SMILES string of the molecule is NC(=O)C1(C(=O)NC[C@@H](C(=O)NCCCN2CCC(O)CC2)c2ccccc2)CCCC1. The number of nitrogens with two attached hydrogens (primary N) is 1. The molecule has 8 heteroatoms. The molecule has 0 spiro atoms. The molecule has 1 saturated heterocycles. The Hall–Kier alpha value is -2.45. The van der Waals surface area contributed by atoms with Crippen molar-refractivity contribution in [1.29, 1.82) is 0 Å². The molecule has 1 aromatic carbocycles. The molecular formula is C24H36N4O4. The number of rotatable bonds is 10. The summed E-state index contributed by atoms with van der Waals surface area (Å²) in [5, 5.41) is 15.4. The number of amides is 3. The summed E-state index contributed by atoms with van der Waals surface area (Å²) in [4.78, 5) is 40.1. The Bertz CT molecular complexity index is 771. The molecule has 32 heavy (non-hydrogen) atoms. The van der Waals surface area contributed by atoms with Gasteiger partial charge in [-0.2, -0.15) is 0 Å². The summed E-state index contributed by atoms with van der Waals surface area (Å²) in [6.45, 7) is 3.31. The lowest BCUT2D eigenvalue weighted by atomic mass is 9.84. The summed E-state index contributed by atoms with van der Waals surface area (Å²) in [6, 6.07) is 9.35. The molecule has 1 saturated carbocycles. The predicted octanol–water partition coefficient (Wildman–Crippen LogP) is 0.895. The number of aliphatic hydroxyl groups excluding tert-OH is 1. The number of carbonyl (C=O) groups is 3. The highest BCUT2D eigenvalue weighted by atomic mass is 16.3. The normalized spacial score (nSPS) is 19.9. The third-order valence-electron chi connectivity index (χ3n) is 6.86. The van der Waals surface area contributed by atoms with Crippen LogP contribution in [0, 0.1) is 5.41 Å². The molecule has 0 unspecified atom stereocenters. The number of piperidine rings is 1. The number of nitrogens with zero attached hydrogens (tertiary/aromatic N) is 1. The van der Waals surface area contributed by atoms with Crippen molar-refractivity contribution < 1.29 is 19.5 Å². The number of hydrogen-bond donors (Lipinski definition) is 4. The molecule has 2 fully saturated rings. The molecule has 1 aliphatic carbocycles. The Labute approximate surface area is 189 Å². The second-order valence-corrected chi connectivity index (χ2v) is 9.04. The van der Waals surface area contributed by atoms with Gasteiger partial charge in [0.25, 0.3) is 0 Å². The van der Waals surface area contributed by atoms with Crippen molar-refractivity contribution in [2.75, 3.05) is 32.7 Å². The molecule has 1 aliphatic heterocycles. The van der Waals surface area contributed by atoms with Crippen molar-refractivity contribution >= 4 is 17.7 Å². The molecule has 0 aromatic heterocycles. The van der Waals surface area contributed by atoms with Crippen LogP contribution in [0.4, 0.5) is 0 Å². The maximum Gasteiger partial charge on any atom is 0.235 e. The van der Waals surface area contributed by atoms with Crippen molar-refractivity contribution in [2.45, 2.75) is 57.0 Å². The standard InChI is InChI=1S/C24H36N4O4/c25-22(31)24(11-4-5-12-24)23(32)27-17-20(18-7-2-1-3-8-18)21(30)26-13-6-14-28-15-9-19(29)10-16-28/h1-3,7-8,19-20,29H,4-6,9-17H2,(H2,25,31)(H,26,30)(H,27,32)/t20-/m1/s1. The van der Waals surface area contributed by atoms with Crippen LogP contribution in [-0.4, -0.2) is 66.6 Å². The van der Waals surface area contributed by atoms with Crippen LogP contribution in [0.15, 0.2) is 30.3 Å². The second-order valence-electron chi connectivity index (χ2n) is 9.04. The van der Waals surface area contributed by atoms with Gasteiger partial charge in [-0.15, -0.1) is 0 Å². The number of primary amides is 1. The van der Waals surface area contributed by atoms with E-state index >= 15 is 0 Å². The third-order valence-corrected chi connectivity index (χ3v) is 6.86. The van der Waals surface area contributed by atoms with Crippen molar-refractivity contribution in [3.8, 4) is 0 Å². The number of hydrogen-bond acceptors (Lipinski definition) is 5. The van der Waals surface area contributed by atoms with E-state index in [1.165, 1.54) is 0 Å². The molecule has 1 heterocycles. The smallest absolute Gasteiger partial charge is 0.235 e. The van der Waals surface area contributed by atoms with Crippen LogP contribution in [0.2, 0.25) is 0 Å². The molecule has 1 atom stereocenters. The lowest BCUT2D eigenvalue weighted by Crippen LogP contribution is -2.49. The van der Waals surface area contributed by atoms with Gasteiger partial charge in [0.2, 0.25) is 17.7 Å². The van der Waals surface area contributed by atoms with Crippen LogP contribution in [0.25, 0.3) is 0 Å². The minimum absolute atomic E-state index is 0.119. The van der Waals surface area contributed by atoms with Gasteiger partial charge in [-0.05, 0) is 44.2 Å². The molecule has 0 bridgehead atoms. The summed E-state index contributed by atoms with van der Waals surface area (Å²) in [5.41, 5.74) is 5.23. The molecule has 176 valence electrons. The first-order valence-electron chi connectivity index (χ1n) is 11.7. The average Bonchev–Trinajstić information content (AvgIpc) is 3.30. The Morgan fingerprint density at radius 2 is 1.75 bits per heavy atom. The quantitative estimate of drug-likeness (QED) is 0.315. The van der Waals surface area contributed by atoms with Gasteiger partial charge in [-0.1, -0.05) is 43.2 Å². The highest BCUT2D eigenvalue weighted by Crippen LogP contribution is 2.38. The molecule has 2 aliphatic rings. The number of nitrogens with one attached hydrogen (secondary N) is 2. The average molecular weight is 445 g/mol. The first-order chi connectivity index (χ1) is 15.4. The van der Waals surface area contributed by atoms with E-state index in [9.17, 15) is 19.5 Å². The van der Waals surface area contributed by atoms with Gasteiger partial charge in [0.05, 0.1) is 12.0 Å². The minimum Gasteiger partial charge on any atom is -0.393 e. The van der Waals surface area contributed by atoms with Gasteiger partial charge in [0.15, 0.2) is 0 Å². The molecule has 8 nitrogen and oxygen atoms in total. The first-order valence-corrected chi connectivity index (χ1v) is 11.7. The van der Waals surface area contributed by atoms with Crippen LogP contribution in [0.5, 0.6) is 0 Å². The van der Waals surface area contributed by atoms with E-state index < -0.39 is 17.2 Å². The fourth-order valence-electron chi connectivity index (χ4n) is 4.76. The zero-order valence-corrected chi connectivity index (χ0v) is 18.7. The number of likely N-dealkylation sites (tertiary alicyclic amines) is 1. The lowest BCUT2D eigenvalue weighted by molar-refractivity contribution is -0.141. The maximum absolute atomic E-state index is 13.0. The first kappa shape index (κ1) is 24.2. The van der Waals surface area contributed by atoms with E-state index in [2.05, 4.69) is 15.5 Å². The fourth-order valence-corrected chi connectivity index (χ4v) is 4.76.